The number of hydrogen-bond acceptors (Lipinski definition) is 2. The lowest BCUT2D eigenvalue weighted by Crippen LogP contribution is -2.28. The van der Waals surface area contributed by atoms with Gasteiger partial charge >= 0.3 is 0 Å². The molecule has 1 unspecified atom stereocenters. The maximum Gasteiger partial charge on any atom is 0.111 e. The van der Waals surface area contributed by atoms with E-state index in [2.05, 4.69) is 12.2 Å². The zero-order valence-corrected chi connectivity index (χ0v) is 8.90. The van der Waals surface area contributed by atoms with Crippen molar-refractivity contribution < 1.29 is 9.47 Å². The zero-order valence-electron chi connectivity index (χ0n) is 8.90. The first-order valence-corrected chi connectivity index (χ1v) is 5.10. The molecule has 2 nitrogen and oxygen atoms in total. The van der Waals surface area contributed by atoms with Crippen LogP contribution < -0.4 is 0 Å². The van der Waals surface area contributed by atoms with Crippen molar-refractivity contribution in [2.45, 2.75) is 25.9 Å². The van der Waals surface area contributed by atoms with Crippen LogP contribution in [-0.2, 0) is 9.47 Å². The summed E-state index contributed by atoms with van der Waals surface area (Å²) in [5, 5.41) is 0. The third-order valence-electron chi connectivity index (χ3n) is 2.09. The first-order valence-electron chi connectivity index (χ1n) is 5.10. The highest BCUT2D eigenvalue weighted by Crippen LogP contribution is 2.24. The first-order chi connectivity index (χ1) is 6.83. The van der Waals surface area contributed by atoms with Crippen LogP contribution in [0.25, 0.3) is 0 Å². The molecule has 0 saturated carbocycles. The Labute approximate surface area is 85.9 Å². The topological polar surface area (TPSA) is 18.5 Å². The second-order valence-electron chi connectivity index (χ2n) is 3.14. The van der Waals surface area contributed by atoms with E-state index in [-0.39, 0.29) is 5.60 Å². The fourth-order valence-corrected chi connectivity index (χ4v) is 1.42. The van der Waals surface area contributed by atoms with Crippen LogP contribution in [0.15, 0.2) is 36.6 Å². The highest BCUT2D eigenvalue weighted by molar-refractivity contribution is 5.24. The summed E-state index contributed by atoms with van der Waals surface area (Å²) >= 11 is 0. The van der Waals surface area contributed by atoms with Gasteiger partial charge < -0.3 is 9.47 Å². The van der Waals surface area contributed by atoms with Crippen molar-refractivity contribution in [2.24, 2.45) is 0 Å². The highest BCUT2D eigenvalue weighted by Gasteiger charge is 2.23. The Morgan fingerprint density at radius 2 is 2.14 bits per heavy atom. The Kier molecular flexibility index (Phi) is 4.47. The SMILES string of the molecule is CCOC=CC1(OCC)C=CC=CC1. The highest BCUT2D eigenvalue weighted by atomic mass is 16.5. The Hall–Kier alpha value is -1.02. The van der Waals surface area contributed by atoms with E-state index in [1.807, 2.05) is 32.1 Å². The molecule has 0 spiro atoms. The summed E-state index contributed by atoms with van der Waals surface area (Å²) in [4.78, 5) is 0. The van der Waals surface area contributed by atoms with Gasteiger partial charge in [0.05, 0.1) is 12.9 Å². The van der Waals surface area contributed by atoms with Gasteiger partial charge in [0.25, 0.3) is 0 Å². The molecule has 78 valence electrons. The minimum Gasteiger partial charge on any atom is -0.502 e. The predicted octanol–water partition coefficient (Wildman–Crippen LogP) is 2.83. The van der Waals surface area contributed by atoms with Gasteiger partial charge in [-0.2, -0.15) is 0 Å². The molecular weight excluding hydrogens is 176 g/mol. The van der Waals surface area contributed by atoms with E-state index in [0.29, 0.717) is 13.2 Å². The number of allylic oxidation sites excluding steroid dienone is 2. The van der Waals surface area contributed by atoms with Gasteiger partial charge in [0.1, 0.15) is 5.60 Å². The van der Waals surface area contributed by atoms with Crippen LogP contribution in [0.1, 0.15) is 20.3 Å². The molecule has 14 heavy (non-hydrogen) atoms. The van der Waals surface area contributed by atoms with Crippen LogP contribution in [0.4, 0.5) is 0 Å². The van der Waals surface area contributed by atoms with Crippen molar-refractivity contribution >= 4 is 0 Å². The van der Waals surface area contributed by atoms with E-state index in [1.165, 1.54) is 0 Å². The molecule has 0 bridgehead atoms. The van der Waals surface area contributed by atoms with Gasteiger partial charge in [-0.1, -0.05) is 18.2 Å². The average molecular weight is 194 g/mol. The molecule has 2 heteroatoms. The summed E-state index contributed by atoms with van der Waals surface area (Å²) in [5.41, 5.74) is -0.293. The summed E-state index contributed by atoms with van der Waals surface area (Å²) < 4.78 is 10.9. The number of hydrogen-bond donors (Lipinski definition) is 0. The summed E-state index contributed by atoms with van der Waals surface area (Å²) in [5.74, 6) is 0. The molecule has 0 saturated heterocycles. The lowest BCUT2D eigenvalue weighted by molar-refractivity contribution is 0.0358. The summed E-state index contributed by atoms with van der Waals surface area (Å²) in [6, 6.07) is 0. The third kappa shape index (κ3) is 3.04. The van der Waals surface area contributed by atoms with Crippen molar-refractivity contribution in [1.29, 1.82) is 0 Å². The van der Waals surface area contributed by atoms with Crippen LogP contribution in [0, 0.1) is 0 Å². The quantitative estimate of drug-likeness (QED) is 0.626. The molecule has 0 radical (unpaired) electrons. The van der Waals surface area contributed by atoms with Gasteiger partial charge in [0.15, 0.2) is 0 Å². The molecule has 0 aliphatic heterocycles. The molecule has 0 amide bonds. The molecule has 1 aliphatic carbocycles. The summed E-state index contributed by atoms with van der Waals surface area (Å²) in [6.45, 7) is 5.36. The van der Waals surface area contributed by atoms with Crippen LogP contribution in [0.3, 0.4) is 0 Å². The molecule has 0 aromatic heterocycles. The van der Waals surface area contributed by atoms with Gasteiger partial charge in [0.2, 0.25) is 0 Å². The minimum absolute atomic E-state index is 0.293. The number of ether oxygens (including phenoxy) is 2. The van der Waals surface area contributed by atoms with E-state index in [4.69, 9.17) is 9.47 Å². The van der Waals surface area contributed by atoms with Gasteiger partial charge in [-0.25, -0.2) is 0 Å². The molecule has 1 atom stereocenters. The summed E-state index contributed by atoms with van der Waals surface area (Å²) in [6.07, 6.45) is 12.8. The maximum atomic E-state index is 5.71. The van der Waals surface area contributed by atoms with Gasteiger partial charge in [-0.05, 0) is 26.0 Å². The third-order valence-corrected chi connectivity index (χ3v) is 2.09. The largest absolute Gasteiger partial charge is 0.502 e. The van der Waals surface area contributed by atoms with Gasteiger partial charge in [-0.3, -0.25) is 0 Å². The van der Waals surface area contributed by atoms with Gasteiger partial charge in [-0.15, -0.1) is 0 Å². The monoisotopic (exact) mass is 194 g/mol. The summed E-state index contributed by atoms with van der Waals surface area (Å²) in [7, 11) is 0. The van der Waals surface area contributed by atoms with Crippen molar-refractivity contribution in [1.82, 2.24) is 0 Å². The molecule has 0 heterocycles. The van der Waals surface area contributed by atoms with Crippen LogP contribution in [0.2, 0.25) is 0 Å². The van der Waals surface area contributed by atoms with Crippen molar-refractivity contribution in [2.75, 3.05) is 13.2 Å². The number of rotatable bonds is 5. The zero-order chi connectivity index (χ0) is 10.3. The Morgan fingerprint density at radius 1 is 1.29 bits per heavy atom. The Balaban J connectivity index is 2.62. The molecular formula is C12H18O2. The molecule has 0 aromatic rings. The van der Waals surface area contributed by atoms with Crippen LogP contribution in [0.5, 0.6) is 0 Å². The van der Waals surface area contributed by atoms with Crippen LogP contribution >= 0.6 is 0 Å². The van der Waals surface area contributed by atoms with Gasteiger partial charge in [0, 0.05) is 13.0 Å². The molecule has 1 rings (SSSR count). The molecule has 0 N–H and O–H groups in total. The molecule has 0 aromatic carbocycles. The van der Waals surface area contributed by atoms with Crippen molar-refractivity contribution in [3.8, 4) is 0 Å². The lowest BCUT2D eigenvalue weighted by Gasteiger charge is -2.27. The van der Waals surface area contributed by atoms with Crippen LogP contribution in [-0.4, -0.2) is 18.8 Å². The van der Waals surface area contributed by atoms with Crippen molar-refractivity contribution in [3.63, 3.8) is 0 Å². The smallest absolute Gasteiger partial charge is 0.111 e. The fraction of sp³-hybridized carbons (Fsp3) is 0.500. The van der Waals surface area contributed by atoms with E-state index in [1.54, 1.807) is 6.26 Å². The van der Waals surface area contributed by atoms with E-state index in [0.717, 1.165) is 6.42 Å². The van der Waals surface area contributed by atoms with E-state index < -0.39 is 0 Å². The fourth-order valence-electron chi connectivity index (χ4n) is 1.42. The van der Waals surface area contributed by atoms with E-state index >= 15 is 0 Å². The second kappa shape index (κ2) is 5.66. The Morgan fingerprint density at radius 3 is 2.71 bits per heavy atom. The second-order valence-corrected chi connectivity index (χ2v) is 3.14. The van der Waals surface area contributed by atoms with Crippen molar-refractivity contribution in [3.05, 3.63) is 36.6 Å². The normalized spacial score (nSPS) is 25.9. The Bertz CT molecular complexity index is 241. The first kappa shape index (κ1) is 11.1. The van der Waals surface area contributed by atoms with E-state index in [9.17, 15) is 0 Å². The average Bonchev–Trinajstić information content (AvgIpc) is 2.20. The lowest BCUT2D eigenvalue weighted by atomic mass is 9.95. The maximum absolute atomic E-state index is 5.71. The predicted molar refractivity (Wildman–Crippen MR) is 58.0 cm³/mol. The minimum atomic E-state index is -0.293. The standard InChI is InChI=1S/C12H18O2/c1-3-13-11-10-12(14-4-2)8-6-5-7-9-12/h5-8,10-11H,3-4,9H2,1-2H3. The molecule has 0 fully saturated rings. The molecule has 1 aliphatic rings.